The van der Waals surface area contributed by atoms with Crippen molar-refractivity contribution in [3.63, 3.8) is 0 Å². The highest BCUT2D eigenvalue weighted by atomic mass is 32.2. The van der Waals surface area contributed by atoms with Gasteiger partial charge in [-0.2, -0.15) is 0 Å². The average Bonchev–Trinajstić information content (AvgIpc) is 2.91. The maximum absolute atomic E-state index is 12.5. The second-order valence-electron chi connectivity index (χ2n) is 4.85. The number of thioether (sulfide) groups is 1. The minimum Gasteiger partial charge on any atom is -0.481 e. The molecule has 1 saturated carbocycles. The molecule has 7 heteroatoms. The van der Waals surface area contributed by atoms with E-state index in [2.05, 4.69) is 4.98 Å². The molecule has 2 aromatic heterocycles. The summed E-state index contributed by atoms with van der Waals surface area (Å²) >= 11 is 2.52. The predicted octanol–water partition coefficient (Wildman–Crippen LogP) is 2.14. The third-order valence-corrected chi connectivity index (χ3v) is 5.03. The van der Waals surface area contributed by atoms with Crippen LogP contribution >= 0.6 is 23.1 Å². The van der Waals surface area contributed by atoms with E-state index < -0.39 is 5.97 Å². The number of thiophene rings is 1. The summed E-state index contributed by atoms with van der Waals surface area (Å²) in [6.45, 7) is 2.01. The molecule has 0 bridgehead atoms. The van der Waals surface area contributed by atoms with Crippen molar-refractivity contribution < 1.29 is 9.90 Å². The van der Waals surface area contributed by atoms with Gasteiger partial charge in [0, 0.05) is 5.54 Å². The van der Waals surface area contributed by atoms with Crippen molar-refractivity contribution in [2.45, 2.75) is 30.5 Å². The Labute approximate surface area is 117 Å². The van der Waals surface area contributed by atoms with Crippen LogP contribution < -0.4 is 5.56 Å². The SMILES string of the molecule is CC1(n2c(SCC(=O)O)nc3sccc3c2=O)CC1. The van der Waals surface area contributed by atoms with E-state index in [-0.39, 0.29) is 16.9 Å². The number of fused-ring (bicyclic) bond motifs is 1. The molecule has 1 fully saturated rings. The molecule has 0 aromatic carbocycles. The van der Waals surface area contributed by atoms with E-state index in [0.29, 0.717) is 15.4 Å². The number of carboxylic acid groups (broad SMARTS) is 1. The molecular weight excluding hydrogens is 284 g/mol. The highest BCUT2D eigenvalue weighted by Gasteiger charge is 2.42. The lowest BCUT2D eigenvalue weighted by atomic mass is 10.3. The number of carbonyl (C=O) groups is 1. The van der Waals surface area contributed by atoms with Crippen LogP contribution in [0.1, 0.15) is 19.8 Å². The monoisotopic (exact) mass is 296 g/mol. The van der Waals surface area contributed by atoms with E-state index in [1.165, 1.54) is 11.3 Å². The Morgan fingerprint density at radius 3 is 3.00 bits per heavy atom. The van der Waals surface area contributed by atoms with Gasteiger partial charge in [0.05, 0.1) is 11.1 Å². The topological polar surface area (TPSA) is 72.2 Å². The maximum Gasteiger partial charge on any atom is 0.313 e. The summed E-state index contributed by atoms with van der Waals surface area (Å²) in [7, 11) is 0. The average molecular weight is 296 g/mol. The lowest BCUT2D eigenvalue weighted by molar-refractivity contribution is -0.133. The van der Waals surface area contributed by atoms with Gasteiger partial charge in [0.25, 0.3) is 5.56 Å². The van der Waals surface area contributed by atoms with Crippen LogP contribution in [0, 0.1) is 0 Å². The van der Waals surface area contributed by atoms with Crippen molar-refractivity contribution in [1.29, 1.82) is 0 Å². The predicted molar refractivity (Wildman–Crippen MR) is 75.1 cm³/mol. The fraction of sp³-hybridized carbons (Fsp3) is 0.417. The van der Waals surface area contributed by atoms with Crippen molar-refractivity contribution in [3.8, 4) is 0 Å². The van der Waals surface area contributed by atoms with Gasteiger partial charge in [-0.25, -0.2) is 4.98 Å². The van der Waals surface area contributed by atoms with Crippen molar-refractivity contribution in [3.05, 3.63) is 21.8 Å². The zero-order valence-electron chi connectivity index (χ0n) is 10.3. The number of hydrogen-bond acceptors (Lipinski definition) is 5. The number of aromatic nitrogens is 2. The first kappa shape index (κ1) is 12.7. The Morgan fingerprint density at radius 2 is 2.37 bits per heavy atom. The first-order valence-corrected chi connectivity index (χ1v) is 7.73. The smallest absolute Gasteiger partial charge is 0.313 e. The Hall–Kier alpha value is -1.34. The molecule has 0 radical (unpaired) electrons. The first-order valence-electron chi connectivity index (χ1n) is 5.87. The minimum absolute atomic E-state index is 0.0564. The lowest BCUT2D eigenvalue weighted by Crippen LogP contribution is -2.30. The third kappa shape index (κ3) is 2.17. The molecule has 0 amide bonds. The highest BCUT2D eigenvalue weighted by molar-refractivity contribution is 7.99. The fourth-order valence-electron chi connectivity index (χ4n) is 2.00. The summed E-state index contributed by atoms with van der Waals surface area (Å²) in [4.78, 5) is 28.4. The van der Waals surface area contributed by atoms with E-state index >= 15 is 0 Å². The zero-order chi connectivity index (χ0) is 13.6. The summed E-state index contributed by atoms with van der Waals surface area (Å²) in [5.41, 5.74) is -0.250. The molecule has 2 heterocycles. The standard InChI is InChI=1S/C12H12N2O3S2/c1-12(3-4-12)14-10(17)7-2-5-18-9(7)13-11(14)19-6-8(15)16/h2,5H,3-4,6H2,1H3,(H,15,16). The van der Waals surface area contributed by atoms with Crippen LogP contribution in [0.5, 0.6) is 0 Å². The van der Waals surface area contributed by atoms with Gasteiger partial charge in [0.2, 0.25) is 0 Å². The van der Waals surface area contributed by atoms with Crippen LogP contribution in [0.2, 0.25) is 0 Å². The van der Waals surface area contributed by atoms with Crippen LogP contribution in [-0.4, -0.2) is 26.4 Å². The second-order valence-corrected chi connectivity index (χ2v) is 6.69. The van der Waals surface area contributed by atoms with Gasteiger partial charge in [-0.05, 0) is 31.2 Å². The number of hydrogen-bond donors (Lipinski definition) is 1. The molecule has 19 heavy (non-hydrogen) atoms. The minimum atomic E-state index is -0.905. The number of rotatable bonds is 4. The van der Waals surface area contributed by atoms with E-state index in [1.807, 2.05) is 12.3 Å². The molecule has 0 unspecified atom stereocenters. The first-order chi connectivity index (χ1) is 9.01. The van der Waals surface area contributed by atoms with Crippen molar-refractivity contribution in [2.75, 3.05) is 5.75 Å². The van der Waals surface area contributed by atoms with E-state index in [0.717, 1.165) is 24.6 Å². The largest absolute Gasteiger partial charge is 0.481 e. The molecule has 3 rings (SSSR count). The Kier molecular flexibility index (Phi) is 2.90. The molecule has 0 aliphatic heterocycles. The summed E-state index contributed by atoms with van der Waals surface area (Å²) in [6.07, 6.45) is 1.87. The zero-order valence-corrected chi connectivity index (χ0v) is 11.9. The van der Waals surface area contributed by atoms with E-state index in [4.69, 9.17) is 5.11 Å². The van der Waals surface area contributed by atoms with Gasteiger partial charge in [0.15, 0.2) is 5.16 Å². The molecule has 5 nitrogen and oxygen atoms in total. The normalized spacial score (nSPS) is 16.7. The molecule has 2 aromatic rings. The molecule has 1 aliphatic rings. The molecule has 0 saturated heterocycles. The number of nitrogens with zero attached hydrogens (tertiary/aromatic N) is 2. The van der Waals surface area contributed by atoms with Gasteiger partial charge in [-0.15, -0.1) is 11.3 Å². The van der Waals surface area contributed by atoms with Crippen LogP contribution in [0.4, 0.5) is 0 Å². The van der Waals surface area contributed by atoms with Gasteiger partial charge in [-0.1, -0.05) is 11.8 Å². The molecule has 100 valence electrons. The molecular formula is C12H12N2O3S2. The Balaban J connectivity index is 2.17. The Morgan fingerprint density at radius 1 is 1.63 bits per heavy atom. The maximum atomic E-state index is 12.5. The van der Waals surface area contributed by atoms with E-state index in [9.17, 15) is 9.59 Å². The van der Waals surface area contributed by atoms with Gasteiger partial charge < -0.3 is 5.11 Å². The number of carboxylic acids is 1. The van der Waals surface area contributed by atoms with Crippen molar-refractivity contribution in [1.82, 2.24) is 9.55 Å². The summed E-state index contributed by atoms with van der Waals surface area (Å²) in [5, 5.41) is 11.8. The van der Waals surface area contributed by atoms with Gasteiger partial charge in [0.1, 0.15) is 4.83 Å². The quantitative estimate of drug-likeness (QED) is 0.691. The van der Waals surface area contributed by atoms with Gasteiger partial charge >= 0.3 is 5.97 Å². The van der Waals surface area contributed by atoms with Gasteiger partial charge in [-0.3, -0.25) is 14.2 Å². The third-order valence-electron chi connectivity index (χ3n) is 3.30. The molecule has 1 N–H and O–H groups in total. The van der Waals surface area contributed by atoms with Crippen LogP contribution in [-0.2, 0) is 10.3 Å². The van der Waals surface area contributed by atoms with E-state index in [1.54, 1.807) is 10.6 Å². The summed E-state index contributed by atoms with van der Waals surface area (Å²) in [6, 6.07) is 1.78. The summed E-state index contributed by atoms with van der Waals surface area (Å²) < 4.78 is 1.68. The molecule has 0 atom stereocenters. The van der Waals surface area contributed by atoms with Crippen molar-refractivity contribution >= 4 is 39.3 Å². The van der Waals surface area contributed by atoms with Crippen LogP contribution in [0.25, 0.3) is 10.2 Å². The lowest BCUT2D eigenvalue weighted by Gasteiger charge is -2.17. The molecule has 0 spiro atoms. The Bertz CT molecular complexity index is 715. The molecule has 1 aliphatic carbocycles. The van der Waals surface area contributed by atoms with Crippen LogP contribution in [0.3, 0.4) is 0 Å². The number of aliphatic carboxylic acids is 1. The highest BCUT2D eigenvalue weighted by Crippen LogP contribution is 2.44. The van der Waals surface area contributed by atoms with Crippen LogP contribution in [0.15, 0.2) is 21.4 Å². The van der Waals surface area contributed by atoms with Crippen molar-refractivity contribution in [2.24, 2.45) is 0 Å². The second kappa shape index (κ2) is 4.35. The summed E-state index contributed by atoms with van der Waals surface area (Å²) in [5.74, 6) is -0.989. The fourth-order valence-corrected chi connectivity index (χ4v) is 3.65.